The van der Waals surface area contributed by atoms with Crippen LogP contribution in [0.3, 0.4) is 0 Å². The summed E-state index contributed by atoms with van der Waals surface area (Å²) >= 11 is 0. The van der Waals surface area contributed by atoms with Gasteiger partial charge in [0.2, 0.25) is 0 Å². The van der Waals surface area contributed by atoms with Crippen molar-refractivity contribution in [3.05, 3.63) is 42.0 Å². The molecular formula is C13H16FN3O. The van der Waals surface area contributed by atoms with Crippen LogP contribution in [0.5, 0.6) is 11.5 Å². The van der Waals surface area contributed by atoms with E-state index in [1.54, 1.807) is 23.1 Å². The Morgan fingerprint density at radius 1 is 1.44 bits per heavy atom. The second-order valence-corrected chi connectivity index (χ2v) is 4.14. The van der Waals surface area contributed by atoms with Gasteiger partial charge in [0.05, 0.1) is 12.4 Å². The molecule has 0 radical (unpaired) electrons. The van der Waals surface area contributed by atoms with Crippen molar-refractivity contribution in [3.63, 3.8) is 0 Å². The van der Waals surface area contributed by atoms with Crippen LogP contribution in [0, 0.1) is 5.82 Å². The van der Waals surface area contributed by atoms with Crippen molar-refractivity contribution in [1.29, 1.82) is 0 Å². The lowest BCUT2D eigenvalue weighted by Gasteiger charge is -2.15. The van der Waals surface area contributed by atoms with Gasteiger partial charge in [-0.3, -0.25) is 4.68 Å². The van der Waals surface area contributed by atoms with Gasteiger partial charge in [0, 0.05) is 18.7 Å². The molecule has 96 valence electrons. The van der Waals surface area contributed by atoms with Crippen molar-refractivity contribution in [1.82, 2.24) is 15.1 Å². The van der Waals surface area contributed by atoms with E-state index in [0.29, 0.717) is 11.5 Å². The van der Waals surface area contributed by atoms with Crippen molar-refractivity contribution in [2.24, 2.45) is 7.05 Å². The smallest absolute Gasteiger partial charge is 0.165 e. The molecule has 4 nitrogen and oxygen atoms in total. The Bertz CT molecular complexity index is 539. The van der Waals surface area contributed by atoms with E-state index in [4.69, 9.17) is 4.74 Å². The zero-order valence-electron chi connectivity index (χ0n) is 10.6. The minimum atomic E-state index is -0.273. The summed E-state index contributed by atoms with van der Waals surface area (Å²) in [6, 6.07) is 4.50. The zero-order valence-corrected chi connectivity index (χ0v) is 10.6. The summed E-state index contributed by atoms with van der Waals surface area (Å²) in [4.78, 5) is 0. The maximum absolute atomic E-state index is 13.3. The fourth-order valence-electron chi connectivity index (χ4n) is 1.68. The van der Waals surface area contributed by atoms with Crippen LogP contribution in [0.1, 0.15) is 18.5 Å². The molecule has 1 aromatic heterocycles. The van der Waals surface area contributed by atoms with Crippen molar-refractivity contribution in [3.8, 4) is 11.5 Å². The van der Waals surface area contributed by atoms with Gasteiger partial charge in [-0.1, -0.05) is 0 Å². The van der Waals surface area contributed by atoms with E-state index in [1.165, 1.54) is 12.1 Å². The summed E-state index contributed by atoms with van der Waals surface area (Å²) < 4.78 is 20.7. The molecule has 0 aliphatic heterocycles. The summed E-state index contributed by atoms with van der Waals surface area (Å²) in [7, 11) is 3.64. The van der Waals surface area contributed by atoms with Crippen LogP contribution in [0.2, 0.25) is 0 Å². The molecule has 0 saturated heterocycles. The lowest BCUT2D eigenvalue weighted by molar-refractivity contribution is 0.462. The number of aromatic nitrogens is 2. The number of hydrogen-bond donors (Lipinski definition) is 1. The van der Waals surface area contributed by atoms with Gasteiger partial charge < -0.3 is 10.1 Å². The van der Waals surface area contributed by atoms with Crippen molar-refractivity contribution >= 4 is 0 Å². The molecule has 1 aromatic carbocycles. The van der Waals surface area contributed by atoms with Gasteiger partial charge in [-0.2, -0.15) is 5.10 Å². The lowest BCUT2D eigenvalue weighted by Crippen LogP contribution is -2.13. The Kier molecular flexibility index (Phi) is 3.62. The van der Waals surface area contributed by atoms with Gasteiger partial charge >= 0.3 is 0 Å². The molecule has 2 aromatic rings. The third kappa shape index (κ3) is 2.68. The minimum absolute atomic E-state index is 0.00683. The van der Waals surface area contributed by atoms with Crippen LogP contribution in [0.4, 0.5) is 4.39 Å². The predicted octanol–water partition coefficient (Wildman–Crippen LogP) is 2.63. The van der Waals surface area contributed by atoms with E-state index in [9.17, 15) is 4.39 Å². The Balaban J connectivity index is 2.31. The molecule has 0 aliphatic rings. The number of nitrogens with zero attached hydrogens (tertiary/aromatic N) is 2. The fourth-order valence-corrected chi connectivity index (χ4v) is 1.68. The Labute approximate surface area is 105 Å². The molecular weight excluding hydrogens is 233 g/mol. The molecule has 0 fully saturated rings. The summed E-state index contributed by atoms with van der Waals surface area (Å²) in [6.45, 7) is 1.95. The van der Waals surface area contributed by atoms with E-state index in [1.807, 2.05) is 21.0 Å². The van der Waals surface area contributed by atoms with E-state index < -0.39 is 0 Å². The quantitative estimate of drug-likeness (QED) is 0.905. The van der Waals surface area contributed by atoms with E-state index in [-0.39, 0.29) is 11.9 Å². The average molecular weight is 249 g/mol. The maximum Gasteiger partial charge on any atom is 0.165 e. The standard InChI is InChI=1S/C13H16FN3O/c1-9(15-2)12-6-10(14)4-5-13(12)18-11-7-16-17(3)8-11/h4-9,15H,1-3H3. The fraction of sp³-hybridized carbons (Fsp3) is 0.308. The number of halogens is 1. The van der Waals surface area contributed by atoms with Crippen molar-refractivity contribution in [2.45, 2.75) is 13.0 Å². The van der Waals surface area contributed by atoms with Gasteiger partial charge in [0.15, 0.2) is 5.75 Å². The lowest BCUT2D eigenvalue weighted by atomic mass is 10.1. The molecule has 0 aliphatic carbocycles. The molecule has 0 spiro atoms. The first-order valence-electron chi connectivity index (χ1n) is 5.73. The Morgan fingerprint density at radius 3 is 2.83 bits per heavy atom. The maximum atomic E-state index is 13.3. The second-order valence-electron chi connectivity index (χ2n) is 4.14. The number of rotatable bonds is 4. The first kappa shape index (κ1) is 12.6. The molecule has 1 heterocycles. The number of aryl methyl sites for hydroxylation is 1. The van der Waals surface area contributed by atoms with Gasteiger partial charge in [0.25, 0.3) is 0 Å². The third-order valence-electron chi connectivity index (χ3n) is 2.78. The molecule has 1 atom stereocenters. The normalized spacial score (nSPS) is 12.4. The monoisotopic (exact) mass is 249 g/mol. The van der Waals surface area contributed by atoms with Crippen LogP contribution in [0.15, 0.2) is 30.6 Å². The summed E-state index contributed by atoms with van der Waals surface area (Å²) in [5.41, 5.74) is 0.779. The number of nitrogens with one attached hydrogen (secondary N) is 1. The van der Waals surface area contributed by atoms with E-state index in [2.05, 4.69) is 10.4 Å². The third-order valence-corrected chi connectivity index (χ3v) is 2.78. The minimum Gasteiger partial charge on any atom is -0.454 e. The first-order valence-corrected chi connectivity index (χ1v) is 5.73. The SMILES string of the molecule is CNC(C)c1cc(F)ccc1Oc1cnn(C)c1. The molecule has 0 bridgehead atoms. The second kappa shape index (κ2) is 5.18. The van der Waals surface area contributed by atoms with Crippen LogP contribution < -0.4 is 10.1 Å². The Hall–Kier alpha value is -1.88. The number of ether oxygens (including phenoxy) is 1. The van der Waals surface area contributed by atoms with Gasteiger partial charge in [0.1, 0.15) is 11.6 Å². The first-order chi connectivity index (χ1) is 8.60. The number of hydrogen-bond acceptors (Lipinski definition) is 3. The number of benzene rings is 1. The summed E-state index contributed by atoms with van der Waals surface area (Å²) in [6.07, 6.45) is 3.38. The topological polar surface area (TPSA) is 39.1 Å². The van der Waals surface area contributed by atoms with Gasteiger partial charge in [-0.05, 0) is 32.2 Å². The highest BCUT2D eigenvalue weighted by Gasteiger charge is 2.12. The highest BCUT2D eigenvalue weighted by atomic mass is 19.1. The summed E-state index contributed by atoms with van der Waals surface area (Å²) in [5.74, 6) is 0.991. The highest BCUT2D eigenvalue weighted by molar-refractivity contribution is 5.39. The highest BCUT2D eigenvalue weighted by Crippen LogP contribution is 2.29. The predicted molar refractivity (Wildman–Crippen MR) is 67.2 cm³/mol. The van der Waals surface area contributed by atoms with Crippen LogP contribution in [-0.4, -0.2) is 16.8 Å². The van der Waals surface area contributed by atoms with Gasteiger partial charge in [-0.15, -0.1) is 0 Å². The van der Waals surface area contributed by atoms with Crippen molar-refractivity contribution < 1.29 is 9.13 Å². The molecule has 5 heteroatoms. The molecule has 1 unspecified atom stereocenters. The van der Waals surface area contributed by atoms with Crippen LogP contribution >= 0.6 is 0 Å². The molecule has 0 saturated carbocycles. The Morgan fingerprint density at radius 2 is 2.22 bits per heavy atom. The molecule has 18 heavy (non-hydrogen) atoms. The zero-order chi connectivity index (χ0) is 13.1. The van der Waals surface area contributed by atoms with Crippen LogP contribution in [-0.2, 0) is 7.05 Å². The van der Waals surface area contributed by atoms with Gasteiger partial charge in [-0.25, -0.2) is 4.39 Å². The molecule has 1 N–H and O–H groups in total. The van der Waals surface area contributed by atoms with Crippen LogP contribution in [0.25, 0.3) is 0 Å². The molecule has 0 amide bonds. The van der Waals surface area contributed by atoms with E-state index in [0.717, 1.165) is 5.56 Å². The molecule has 2 rings (SSSR count). The summed E-state index contributed by atoms with van der Waals surface area (Å²) in [5, 5.41) is 7.10. The largest absolute Gasteiger partial charge is 0.454 e. The van der Waals surface area contributed by atoms with Crippen molar-refractivity contribution in [2.75, 3.05) is 7.05 Å². The average Bonchev–Trinajstić information content (AvgIpc) is 2.76. The van der Waals surface area contributed by atoms with E-state index >= 15 is 0 Å².